The smallest absolute Gasteiger partial charge is 0.312 e. The Hall–Kier alpha value is -4.20. The van der Waals surface area contributed by atoms with Gasteiger partial charge in [-0.05, 0) is 67.8 Å². The number of ether oxygens (including phenoxy) is 1. The largest absolute Gasteiger partial charge is 0.490 e. The molecule has 0 aliphatic carbocycles. The van der Waals surface area contributed by atoms with Gasteiger partial charge in [0.25, 0.3) is 0 Å². The fourth-order valence-electron chi connectivity index (χ4n) is 3.75. The number of amides is 1. The maximum Gasteiger partial charge on any atom is 0.312 e. The third-order valence-corrected chi connectivity index (χ3v) is 5.65. The van der Waals surface area contributed by atoms with Crippen LogP contribution in [0.15, 0.2) is 54.7 Å². The molecule has 1 N–H and O–H groups in total. The third kappa shape index (κ3) is 4.41. The van der Waals surface area contributed by atoms with Crippen molar-refractivity contribution in [1.82, 2.24) is 9.38 Å². The number of pyridine rings is 1. The molecule has 4 aromatic rings. The normalized spacial score (nSPS) is 10.9. The number of hydrogen-bond acceptors (Lipinski definition) is 5. The highest BCUT2D eigenvalue weighted by Crippen LogP contribution is 2.30. The van der Waals surface area contributed by atoms with E-state index in [1.165, 1.54) is 24.8 Å². The van der Waals surface area contributed by atoms with Crippen LogP contribution in [0.3, 0.4) is 0 Å². The Kier molecular flexibility index (Phi) is 5.83. The summed E-state index contributed by atoms with van der Waals surface area (Å²) in [6, 6.07) is 14.4. The molecule has 0 saturated heterocycles. The summed E-state index contributed by atoms with van der Waals surface area (Å²) in [5, 5.41) is 14.1. The first-order valence-electron chi connectivity index (χ1n) is 10.4. The molecule has 0 bridgehead atoms. The SMILES string of the molecule is COc1ccc(NC(=O)Cc2c(-c3ccc(C)c(C)c3)nc3cc(C)ccn23)cc1[N+](=O)[O-]. The average molecular weight is 444 g/mol. The fraction of sp³-hybridized carbons (Fsp3) is 0.200. The number of fused-ring (bicyclic) bond motifs is 1. The Balaban J connectivity index is 1.70. The van der Waals surface area contributed by atoms with Crippen molar-refractivity contribution >= 4 is 22.9 Å². The van der Waals surface area contributed by atoms with E-state index in [9.17, 15) is 14.9 Å². The fourth-order valence-corrected chi connectivity index (χ4v) is 3.75. The number of hydrogen-bond donors (Lipinski definition) is 1. The number of methoxy groups -OCH3 is 1. The van der Waals surface area contributed by atoms with Gasteiger partial charge >= 0.3 is 5.69 Å². The Morgan fingerprint density at radius 1 is 1.09 bits per heavy atom. The van der Waals surface area contributed by atoms with E-state index in [1.807, 2.05) is 48.7 Å². The standard InChI is InChI=1S/C25H24N4O4/c1-15-9-10-28-21(25(27-23(28)11-15)18-6-5-16(2)17(3)12-18)14-24(30)26-19-7-8-22(33-4)20(13-19)29(31)32/h5-13H,14H2,1-4H3,(H,26,30). The molecule has 33 heavy (non-hydrogen) atoms. The molecule has 8 nitrogen and oxygen atoms in total. The summed E-state index contributed by atoms with van der Waals surface area (Å²) in [5.41, 5.74) is 6.67. The molecule has 0 spiro atoms. The Labute approximate surface area is 191 Å². The first-order chi connectivity index (χ1) is 15.8. The summed E-state index contributed by atoms with van der Waals surface area (Å²) in [6.07, 6.45) is 1.95. The number of nitro groups is 1. The third-order valence-electron chi connectivity index (χ3n) is 5.65. The molecule has 8 heteroatoms. The van der Waals surface area contributed by atoms with Gasteiger partial charge in [0.2, 0.25) is 5.91 Å². The molecule has 0 atom stereocenters. The van der Waals surface area contributed by atoms with Gasteiger partial charge in [-0.1, -0.05) is 12.1 Å². The molecule has 0 radical (unpaired) electrons. The van der Waals surface area contributed by atoms with Gasteiger partial charge in [-0.3, -0.25) is 14.9 Å². The van der Waals surface area contributed by atoms with Crippen molar-refractivity contribution in [2.24, 2.45) is 0 Å². The zero-order chi connectivity index (χ0) is 23.7. The Morgan fingerprint density at radius 3 is 2.58 bits per heavy atom. The van der Waals surface area contributed by atoms with E-state index >= 15 is 0 Å². The lowest BCUT2D eigenvalue weighted by atomic mass is 10.0. The number of nitrogens with zero attached hydrogens (tertiary/aromatic N) is 3. The molecule has 2 heterocycles. The van der Waals surface area contributed by atoms with Gasteiger partial charge in [0.05, 0.1) is 29.8 Å². The minimum atomic E-state index is -0.543. The van der Waals surface area contributed by atoms with E-state index in [1.54, 1.807) is 6.07 Å². The second-order valence-corrected chi connectivity index (χ2v) is 8.01. The predicted molar refractivity (Wildman–Crippen MR) is 127 cm³/mol. The van der Waals surface area contributed by atoms with Gasteiger partial charge in [0.15, 0.2) is 5.75 Å². The summed E-state index contributed by atoms with van der Waals surface area (Å²) >= 11 is 0. The number of anilines is 1. The molecule has 168 valence electrons. The lowest BCUT2D eigenvalue weighted by Gasteiger charge is -2.09. The maximum atomic E-state index is 13.0. The van der Waals surface area contributed by atoms with Crippen molar-refractivity contribution in [2.75, 3.05) is 12.4 Å². The minimum Gasteiger partial charge on any atom is -0.490 e. The van der Waals surface area contributed by atoms with Gasteiger partial charge in [0.1, 0.15) is 5.65 Å². The number of imidazole rings is 1. The number of nitro benzene ring substituents is 1. The molecular formula is C25H24N4O4. The summed E-state index contributed by atoms with van der Waals surface area (Å²) in [5.74, 6) is -0.172. The molecule has 0 fully saturated rings. The second kappa shape index (κ2) is 8.74. The number of nitrogens with one attached hydrogen (secondary N) is 1. The summed E-state index contributed by atoms with van der Waals surface area (Å²) < 4.78 is 6.94. The van der Waals surface area contributed by atoms with Crippen molar-refractivity contribution in [3.05, 3.63) is 87.2 Å². The van der Waals surface area contributed by atoms with Crippen LogP contribution in [0.5, 0.6) is 5.75 Å². The number of rotatable bonds is 6. The zero-order valence-corrected chi connectivity index (χ0v) is 18.9. The van der Waals surface area contributed by atoms with E-state index in [2.05, 4.69) is 18.3 Å². The number of benzene rings is 2. The molecule has 0 unspecified atom stereocenters. The average Bonchev–Trinajstić information content (AvgIpc) is 3.12. The number of carbonyl (C=O) groups excluding carboxylic acids is 1. The quantitative estimate of drug-likeness (QED) is 0.332. The van der Waals surface area contributed by atoms with E-state index in [-0.39, 0.29) is 23.8 Å². The minimum absolute atomic E-state index is 0.0479. The number of aromatic nitrogens is 2. The van der Waals surface area contributed by atoms with Crippen molar-refractivity contribution in [1.29, 1.82) is 0 Å². The van der Waals surface area contributed by atoms with Crippen LogP contribution < -0.4 is 10.1 Å². The van der Waals surface area contributed by atoms with Crippen molar-refractivity contribution in [3.8, 4) is 17.0 Å². The van der Waals surface area contributed by atoms with Crippen LogP contribution in [0.4, 0.5) is 11.4 Å². The maximum absolute atomic E-state index is 13.0. The highest BCUT2D eigenvalue weighted by atomic mass is 16.6. The van der Waals surface area contributed by atoms with Crippen LogP contribution in [0, 0.1) is 30.9 Å². The molecule has 0 aliphatic rings. The van der Waals surface area contributed by atoms with Crippen LogP contribution in [-0.4, -0.2) is 27.3 Å². The topological polar surface area (TPSA) is 98.8 Å². The Morgan fingerprint density at radius 2 is 1.88 bits per heavy atom. The molecule has 0 aliphatic heterocycles. The van der Waals surface area contributed by atoms with Gasteiger partial charge in [0, 0.05) is 23.5 Å². The molecule has 4 rings (SSSR count). The van der Waals surface area contributed by atoms with Crippen molar-refractivity contribution in [2.45, 2.75) is 27.2 Å². The zero-order valence-electron chi connectivity index (χ0n) is 18.9. The highest BCUT2D eigenvalue weighted by molar-refractivity contribution is 5.93. The molecule has 0 saturated carbocycles. The lowest BCUT2D eigenvalue weighted by molar-refractivity contribution is -0.385. The molecule has 2 aromatic heterocycles. The second-order valence-electron chi connectivity index (χ2n) is 8.01. The van der Waals surface area contributed by atoms with Crippen LogP contribution in [0.2, 0.25) is 0 Å². The van der Waals surface area contributed by atoms with E-state index in [0.29, 0.717) is 5.69 Å². The number of aryl methyl sites for hydroxylation is 3. The van der Waals surface area contributed by atoms with Crippen LogP contribution in [-0.2, 0) is 11.2 Å². The van der Waals surface area contributed by atoms with Gasteiger partial charge < -0.3 is 14.5 Å². The van der Waals surface area contributed by atoms with Crippen LogP contribution in [0.25, 0.3) is 16.9 Å². The lowest BCUT2D eigenvalue weighted by Crippen LogP contribution is -2.16. The molecule has 2 aromatic carbocycles. The number of carbonyl (C=O) groups is 1. The van der Waals surface area contributed by atoms with Gasteiger partial charge in [-0.15, -0.1) is 0 Å². The van der Waals surface area contributed by atoms with Gasteiger partial charge in [-0.25, -0.2) is 4.98 Å². The van der Waals surface area contributed by atoms with Crippen LogP contribution in [0.1, 0.15) is 22.4 Å². The van der Waals surface area contributed by atoms with Crippen molar-refractivity contribution < 1.29 is 14.5 Å². The van der Waals surface area contributed by atoms with Crippen LogP contribution >= 0.6 is 0 Å². The molecule has 1 amide bonds. The highest BCUT2D eigenvalue weighted by Gasteiger charge is 2.20. The van der Waals surface area contributed by atoms with Crippen molar-refractivity contribution in [3.63, 3.8) is 0 Å². The predicted octanol–water partition coefficient (Wildman–Crippen LogP) is 5.02. The Bertz CT molecular complexity index is 1390. The summed E-state index contributed by atoms with van der Waals surface area (Å²) in [7, 11) is 1.36. The monoisotopic (exact) mass is 444 g/mol. The van der Waals surface area contributed by atoms with E-state index in [0.717, 1.165) is 33.7 Å². The van der Waals surface area contributed by atoms with Gasteiger partial charge in [-0.2, -0.15) is 0 Å². The first-order valence-corrected chi connectivity index (χ1v) is 10.4. The first kappa shape index (κ1) is 22.0. The summed E-state index contributed by atoms with van der Waals surface area (Å²) in [6.45, 7) is 6.09. The van der Waals surface area contributed by atoms with E-state index < -0.39 is 4.92 Å². The molecular weight excluding hydrogens is 420 g/mol. The van der Waals surface area contributed by atoms with E-state index in [4.69, 9.17) is 9.72 Å². The summed E-state index contributed by atoms with van der Waals surface area (Å²) in [4.78, 5) is 28.5.